The molecule has 9 nitrogen and oxygen atoms in total. The summed E-state index contributed by atoms with van der Waals surface area (Å²) in [7, 11) is 0. The van der Waals surface area contributed by atoms with Crippen molar-refractivity contribution in [1.82, 2.24) is 0 Å². The van der Waals surface area contributed by atoms with Gasteiger partial charge in [-0.3, -0.25) is 19.7 Å². The summed E-state index contributed by atoms with van der Waals surface area (Å²) in [4.78, 5) is 48.0. The van der Waals surface area contributed by atoms with Gasteiger partial charge in [-0.25, -0.2) is 9.18 Å². The molecule has 0 aliphatic carbocycles. The summed E-state index contributed by atoms with van der Waals surface area (Å²) >= 11 is 0. The number of rotatable bonds is 2. The number of amides is 1. The zero-order valence-electron chi connectivity index (χ0n) is 10.7. The molecule has 11 heteroatoms. The third-order valence-corrected chi connectivity index (χ3v) is 2.55. The Morgan fingerprint density at radius 1 is 1.41 bits per heavy atom. The van der Waals surface area contributed by atoms with Crippen molar-refractivity contribution in [3.8, 4) is 0 Å². The molecule has 0 unspecified atom stereocenters. The first kappa shape index (κ1) is 15.2. The Morgan fingerprint density at radius 3 is 2.59 bits per heavy atom. The van der Waals surface area contributed by atoms with Crippen LogP contribution < -0.4 is 5.32 Å². The second-order valence-corrected chi connectivity index (χ2v) is 4.01. The summed E-state index contributed by atoms with van der Waals surface area (Å²) in [5.41, 5.74) is -3.93. The summed E-state index contributed by atoms with van der Waals surface area (Å²) in [6.45, 7) is 0.931. The van der Waals surface area contributed by atoms with Crippen molar-refractivity contribution in [1.29, 1.82) is 0 Å². The topological polar surface area (TPSA) is 128 Å². The lowest BCUT2D eigenvalue weighted by molar-refractivity contribution is -0.388. The number of Topliss-reactive ketones (excluding diaryl/α,β-unsaturated/α-hetero) is 1. The van der Waals surface area contributed by atoms with Crippen LogP contribution in [0.2, 0.25) is 0 Å². The van der Waals surface area contributed by atoms with Gasteiger partial charge in [0.05, 0.1) is 10.6 Å². The van der Waals surface area contributed by atoms with E-state index in [0.29, 0.717) is 6.07 Å². The van der Waals surface area contributed by atoms with Crippen molar-refractivity contribution < 1.29 is 32.9 Å². The lowest BCUT2D eigenvalue weighted by Gasteiger charge is -2.16. The number of fused-ring (bicyclic) bond motifs is 1. The Labute approximate surface area is 119 Å². The fourth-order valence-electron chi connectivity index (χ4n) is 1.71. The summed E-state index contributed by atoms with van der Waals surface area (Å²) in [5, 5.41) is 15.8. The monoisotopic (exact) mass is 313 g/mol. The maximum atomic E-state index is 13.5. The van der Waals surface area contributed by atoms with Crippen LogP contribution in [0.4, 0.5) is 20.2 Å². The van der Waals surface area contributed by atoms with Crippen LogP contribution in [-0.2, 0) is 14.4 Å². The highest BCUT2D eigenvalue weighted by atomic mass is 19.2. The van der Waals surface area contributed by atoms with Crippen LogP contribution in [0.5, 0.6) is 0 Å². The van der Waals surface area contributed by atoms with Gasteiger partial charge in [-0.2, -0.15) is 4.39 Å². The van der Waals surface area contributed by atoms with E-state index in [-0.39, 0.29) is 0 Å². The van der Waals surface area contributed by atoms with E-state index in [1.807, 2.05) is 5.32 Å². The average Bonchev–Trinajstić information content (AvgIpc) is 2.40. The average molecular weight is 313 g/mol. The van der Waals surface area contributed by atoms with E-state index >= 15 is 0 Å². The molecule has 0 atom stereocenters. The Hall–Kier alpha value is -3.24. The number of nitro benzene ring substituents is 1. The number of nitro groups is 1. The van der Waals surface area contributed by atoms with Gasteiger partial charge in [0.25, 0.3) is 5.91 Å². The normalized spacial score (nSPS) is 15.3. The van der Waals surface area contributed by atoms with E-state index in [4.69, 9.17) is 0 Å². The molecule has 1 aromatic carbocycles. The number of nitrogens with one attached hydrogen (secondary N) is 1. The maximum absolute atomic E-state index is 13.5. The van der Waals surface area contributed by atoms with Gasteiger partial charge in [-0.1, -0.05) is 5.16 Å². The first-order valence-corrected chi connectivity index (χ1v) is 5.52. The van der Waals surface area contributed by atoms with Gasteiger partial charge in [0.15, 0.2) is 5.82 Å². The van der Waals surface area contributed by atoms with Crippen LogP contribution >= 0.6 is 0 Å². The SMILES string of the molecule is CC(=O)ON=C1C(=O)Nc2cc(F)c(F)c([N+](=O)[O-])c2C1=O. The predicted octanol–water partition coefficient (Wildman–Crippen LogP) is 0.927. The minimum Gasteiger partial charge on any atom is -0.319 e. The van der Waals surface area contributed by atoms with E-state index in [2.05, 4.69) is 9.99 Å². The summed E-state index contributed by atoms with van der Waals surface area (Å²) in [5.74, 6) is -6.98. The largest absolute Gasteiger partial charge is 0.332 e. The smallest absolute Gasteiger partial charge is 0.319 e. The van der Waals surface area contributed by atoms with Gasteiger partial charge < -0.3 is 10.2 Å². The molecule has 0 fully saturated rings. The van der Waals surface area contributed by atoms with E-state index in [9.17, 15) is 33.3 Å². The number of oxime groups is 1. The molecule has 0 aromatic heterocycles. The first-order valence-electron chi connectivity index (χ1n) is 5.52. The number of carbonyl (C=O) groups excluding carboxylic acids is 3. The molecule has 0 saturated heterocycles. The molecule has 0 saturated carbocycles. The van der Waals surface area contributed by atoms with Crippen LogP contribution in [0.15, 0.2) is 11.2 Å². The summed E-state index contributed by atoms with van der Waals surface area (Å²) in [6, 6.07) is 0.427. The molecule has 1 aliphatic rings. The summed E-state index contributed by atoms with van der Waals surface area (Å²) in [6.07, 6.45) is 0. The Morgan fingerprint density at radius 2 is 2.05 bits per heavy atom. The highest BCUT2D eigenvalue weighted by molar-refractivity contribution is 6.73. The molecule has 1 amide bonds. The zero-order chi connectivity index (χ0) is 16.6. The molecule has 0 radical (unpaired) electrons. The molecule has 114 valence electrons. The molecule has 1 aliphatic heterocycles. The molecule has 0 bridgehead atoms. The van der Waals surface area contributed by atoms with Gasteiger partial charge >= 0.3 is 11.7 Å². The Bertz CT molecular complexity index is 774. The molecule has 2 rings (SSSR count). The standard InChI is InChI=1S/C11H5F2N3O6/c1-3(17)22-15-8-10(18)6-5(14-11(8)19)2-4(12)7(13)9(6)16(20)21/h2H,1H3,(H,14,19). The van der Waals surface area contributed by atoms with E-state index in [1.165, 1.54) is 0 Å². The molecule has 22 heavy (non-hydrogen) atoms. The minimum atomic E-state index is -1.86. The van der Waals surface area contributed by atoms with Crippen LogP contribution in [0.25, 0.3) is 0 Å². The van der Waals surface area contributed by atoms with Gasteiger partial charge in [0.1, 0.15) is 5.56 Å². The molecule has 1 heterocycles. The molecule has 0 spiro atoms. The number of hydrogen-bond acceptors (Lipinski definition) is 7. The van der Waals surface area contributed by atoms with Gasteiger partial charge in [-0.15, -0.1) is 0 Å². The number of nitrogens with zero attached hydrogens (tertiary/aromatic N) is 2. The van der Waals surface area contributed by atoms with Gasteiger partial charge in [0.2, 0.25) is 17.3 Å². The van der Waals surface area contributed by atoms with Crippen molar-refractivity contribution in [2.45, 2.75) is 6.92 Å². The van der Waals surface area contributed by atoms with Crippen LogP contribution in [-0.4, -0.2) is 28.3 Å². The zero-order valence-corrected chi connectivity index (χ0v) is 10.7. The van der Waals surface area contributed by atoms with Gasteiger partial charge in [-0.05, 0) is 0 Å². The summed E-state index contributed by atoms with van der Waals surface area (Å²) < 4.78 is 26.8. The van der Waals surface area contributed by atoms with Crippen molar-refractivity contribution in [2.75, 3.05) is 5.32 Å². The number of ketones is 1. The molecular weight excluding hydrogens is 308 g/mol. The number of hydrogen-bond donors (Lipinski definition) is 1. The van der Waals surface area contributed by atoms with Crippen LogP contribution in [0, 0.1) is 21.7 Å². The second-order valence-electron chi connectivity index (χ2n) is 4.01. The molecule has 1 aromatic rings. The van der Waals surface area contributed by atoms with E-state index < -0.39 is 56.9 Å². The molecule has 1 N–H and O–H groups in total. The second kappa shape index (κ2) is 5.27. The fourth-order valence-corrected chi connectivity index (χ4v) is 1.71. The van der Waals surface area contributed by atoms with Crippen LogP contribution in [0.1, 0.15) is 17.3 Å². The van der Waals surface area contributed by atoms with E-state index in [1.54, 1.807) is 0 Å². The van der Waals surface area contributed by atoms with Gasteiger partial charge in [0, 0.05) is 13.0 Å². The third-order valence-electron chi connectivity index (χ3n) is 2.55. The quantitative estimate of drug-likeness (QED) is 0.491. The fraction of sp³-hybridized carbons (Fsp3) is 0.0909. The molecular formula is C11H5F2N3O6. The predicted molar refractivity (Wildman–Crippen MR) is 65.2 cm³/mol. The van der Waals surface area contributed by atoms with Crippen molar-refractivity contribution >= 4 is 34.7 Å². The highest BCUT2D eigenvalue weighted by Gasteiger charge is 2.40. The number of carbonyl (C=O) groups is 3. The Balaban J connectivity index is 2.68. The maximum Gasteiger partial charge on any atom is 0.332 e. The lowest BCUT2D eigenvalue weighted by atomic mass is 9.97. The number of anilines is 1. The third kappa shape index (κ3) is 2.39. The Kier molecular flexibility index (Phi) is 3.63. The number of halogens is 2. The highest BCUT2D eigenvalue weighted by Crippen LogP contribution is 2.34. The van der Waals surface area contributed by atoms with Crippen molar-refractivity contribution in [3.63, 3.8) is 0 Å². The first-order chi connectivity index (χ1) is 10.2. The minimum absolute atomic E-state index is 0.427. The van der Waals surface area contributed by atoms with E-state index in [0.717, 1.165) is 6.92 Å². The van der Waals surface area contributed by atoms with Crippen molar-refractivity contribution in [3.05, 3.63) is 33.4 Å². The van der Waals surface area contributed by atoms with Crippen molar-refractivity contribution in [2.24, 2.45) is 5.16 Å². The lowest BCUT2D eigenvalue weighted by Crippen LogP contribution is -2.37. The van der Waals surface area contributed by atoms with Crippen LogP contribution in [0.3, 0.4) is 0 Å². The number of benzene rings is 1.